The monoisotopic (exact) mass is 410 g/mol. The van der Waals surface area contributed by atoms with E-state index in [9.17, 15) is 0 Å². The molecule has 0 N–H and O–H groups in total. The summed E-state index contributed by atoms with van der Waals surface area (Å²) in [5, 5.41) is 5.12. The van der Waals surface area contributed by atoms with Gasteiger partial charge in [-0.05, 0) is 36.4 Å². The van der Waals surface area contributed by atoms with Crippen LogP contribution < -0.4 is 0 Å². The molecule has 0 amide bonds. The molecule has 6 rings (SSSR count). The molecule has 0 aliphatic heterocycles. The Hall–Kier alpha value is -4.30. The highest BCUT2D eigenvalue weighted by Gasteiger charge is 2.07. The van der Waals surface area contributed by atoms with Crippen LogP contribution in [-0.2, 0) is 0 Å². The van der Waals surface area contributed by atoms with Crippen LogP contribution in [0.5, 0.6) is 0 Å². The minimum Gasteiger partial charge on any atom is -0.316 e. The molecule has 0 aliphatic carbocycles. The molecule has 0 aliphatic rings. The van der Waals surface area contributed by atoms with Crippen LogP contribution in [0.2, 0.25) is 0 Å². The summed E-state index contributed by atoms with van der Waals surface area (Å²) in [4.78, 5) is 0. The van der Waals surface area contributed by atoms with E-state index in [0.717, 1.165) is 0 Å². The third-order valence-electron chi connectivity index (χ3n) is 6.04. The van der Waals surface area contributed by atoms with Crippen LogP contribution in [0.4, 0.5) is 0 Å². The quantitative estimate of drug-likeness (QED) is 0.260. The third kappa shape index (κ3) is 2.97. The Bertz CT molecular complexity index is 1440. The molecular formula is C30H22N2. The van der Waals surface area contributed by atoms with E-state index in [1.165, 1.54) is 43.6 Å². The number of aromatic nitrogens is 2. The lowest BCUT2D eigenvalue weighted by atomic mass is 10.2. The van der Waals surface area contributed by atoms with Crippen molar-refractivity contribution in [1.29, 1.82) is 0 Å². The number of hydrogen-bond donors (Lipinski definition) is 0. The van der Waals surface area contributed by atoms with Gasteiger partial charge >= 0.3 is 0 Å². The first-order valence-electron chi connectivity index (χ1n) is 10.9. The maximum Gasteiger partial charge on any atom is 0.0534 e. The highest BCUT2D eigenvalue weighted by atomic mass is 15.0. The van der Waals surface area contributed by atoms with Crippen LogP contribution in [0.1, 0.15) is 0 Å². The van der Waals surface area contributed by atoms with Gasteiger partial charge in [0.15, 0.2) is 0 Å². The molecule has 152 valence electrons. The van der Waals surface area contributed by atoms with Crippen LogP contribution in [0.25, 0.3) is 56.0 Å². The summed E-state index contributed by atoms with van der Waals surface area (Å²) in [6.45, 7) is 0. The van der Waals surface area contributed by atoms with E-state index in [2.05, 4.69) is 143 Å². The number of para-hydroxylation sites is 4. The van der Waals surface area contributed by atoms with Gasteiger partial charge in [0, 0.05) is 33.9 Å². The summed E-state index contributed by atoms with van der Waals surface area (Å²) in [6, 6.07) is 34.2. The van der Waals surface area contributed by atoms with Gasteiger partial charge in [0.1, 0.15) is 0 Å². The number of rotatable bonds is 4. The van der Waals surface area contributed by atoms with Gasteiger partial charge in [-0.15, -0.1) is 0 Å². The van der Waals surface area contributed by atoms with Crippen LogP contribution in [-0.4, -0.2) is 9.13 Å². The van der Waals surface area contributed by atoms with Crippen molar-refractivity contribution >= 4 is 56.0 Å². The topological polar surface area (TPSA) is 9.86 Å². The van der Waals surface area contributed by atoms with Gasteiger partial charge in [0.25, 0.3) is 0 Å². The molecule has 0 unspecified atom stereocenters. The van der Waals surface area contributed by atoms with Gasteiger partial charge in [0.2, 0.25) is 0 Å². The third-order valence-corrected chi connectivity index (χ3v) is 6.04. The van der Waals surface area contributed by atoms with E-state index in [0.29, 0.717) is 0 Å². The van der Waals surface area contributed by atoms with E-state index in [4.69, 9.17) is 0 Å². The normalized spacial score (nSPS) is 12.6. The van der Waals surface area contributed by atoms with E-state index in [1.807, 2.05) is 0 Å². The lowest BCUT2D eigenvalue weighted by molar-refractivity contribution is 1.29. The lowest BCUT2D eigenvalue weighted by Gasteiger charge is -1.99. The van der Waals surface area contributed by atoms with Gasteiger partial charge in [-0.25, -0.2) is 0 Å². The van der Waals surface area contributed by atoms with Gasteiger partial charge in [-0.2, -0.15) is 0 Å². The summed E-state index contributed by atoms with van der Waals surface area (Å²) < 4.78 is 4.51. The molecule has 0 fully saturated rings. The number of nitrogens with zero attached hydrogens (tertiary/aromatic N) is 2. The summed E-state index contributed by atoms with van der Waals surface area (Å²) >= 11 is 0. The maximum atomic E-state index is 2.26. The first-order valence-corrected chi connectivity index (χ1v) is 10.9. The second-order valence-corrected chi connectivity index (χ2v) is 7.88. The molecule has 0 bridgehead atoms. The molecule has 4 aromatic carbocycles. The Labute approximate surface area is 186 Å². The van der Waals surface area contributed by atoms with Gasteiger partial charge in [0.05, 0.1) is 22.1 Å². The number of allylic oxidation sites excluding steroid dienone is 4. The molecule has 0 radical (unpaired) electrons. The predicted octanol–water partition coefficient (Wildman–Crippen LogP) is 8.10. The maximum absolute atomic E-state index is 2.26. The Morgan fingerprint density at radius 1 is 0.344 bits per heavy atom. The van der Waals surface area contributed by atoms with Crippen LogP contribution in [0.3, 0.4) is 0 Å². The second-order valence-electron chi connectivity index (χ2n) is 7.88. The Morgan fingerprint density at radius 2 is 0.625 bits per heavy atom. The Morgan fingerprint density at radius 3 is 0.938 bits per heavy atom. The van der Waals surface area contributed by atoms with Crippen LogP contribution >= 0.6 is 0 Å². The number of hydrogen-bond acceptors (Lipinski definition) is 0. The second kappa shape index (κ2) is 7.75. The molecule has 2 heterocycles. The molecule has 0 saturated carbocycles. The number of benzene rings is 4. The van der Waals surface area contributed by atoms with Crippen molar-refractivity contribution < 1.29 is 0 Å². The number of fused-ring (bicyclic) bond motifs is 6. The van der Waals surface area contributed by atoms with Gasteiger partial charge < -0.3 is 9.13 Å². The summed E-state index contributed by atoms with van der Waals surface area (Å²) in [5.41, 5.74) is 4.89. The van der Waals surface area contributed by atoms with Crippen LogP contribution in [0, 0.1) is 0 Å². The molecule has 32 heavy (non-hydrogen) atoms. The fourth-order valence-electron chi connectivity index (χ4n) is 4.63. The molecule has 0 atom stereocenters. The largest absolute Gasteiger partial charge is 0.316 e. The Balaban J connectivity index is 1.32. The standard InChI is InChI=1S/C30H22N2/c1(11-21-31-27-17-7-3-13-23(27)24-14-4-8-18-28(24)31)2-12-22-32-29-19-9-5-15-25(29)26-16-6-10-20-30(26)32/h1-22H/b2-1+,21-11+,22-12+. The smallest absolute Gasteiger partial charge is 0.0534 e. The van der Waals surface area contributed by atoms with Gasteiger partial charge in [-0.3, -0.25) is 0 Å². The average Bonchev–Trinajstić information content (AvgIpc) is 3.35. The minimum atomic E-state index is 1.22. The highest BCUT2D eigenvalue weighted by molar-refractivity contribution is 6.10. The van der Waals surface area contributed by atoms with Crippen molar-refractivity contribution in [3.8, 4) is 0 Å². The predicted molar refractivity (Wildman–Crippen MR) is 139 cm³/mol. The zero-order valence-electron chi connectivity index (χ0n) is 17.6. The zero-order chi connectivity index (χ0) is 21.3. The fourth-order valence-corrected chi connectivity index (χ4v) is 4.63. The van der Waals surface area contributed by atoms with Crippen molar-refractivity contribution in [2.45, 2.75) is 0 Å². The van der Waals surface area contributed by atoms with Crippen LogP contribution in [0.15, 0.2) is 121 Å². The molecule has 2 aromatic heterocycles. The molecule has 2 heteroatoms. The summed E-state index contributed by atoms with van der Waals surface area (Å²) in [7, 11) is 0. The molecule has 0 spiro atoms. The molecule has 6 aromatic rings. The summed E-state index contributed by atoms with van der Waals surface area (Å²) in [6.07, 6.45) is 12.6. The van der Waals surface area contributed by atoms with Crippen molar-refractivity contribution in [3.05, 3.63) is 121 Å². The van der Waals surface area contributed by atoms with Crippen molar-refractivity contribution in [3.63, 3.8) is 0 Å². The first-order chi connectivity index (χ1) is 15.9. The minimum absolute atomic E-state index is 1.22. The van der Waals surface area contributed by atoms with E-state index in [-0.39, 0.29) is 0 Å². The molecular weight excluding hydrogens is 388 g/mol. The zero-order valence-corrected chi connectivity index (χ0v) is 17.6. The first kappa shape index (κ1) is 18.5. The SMILES string of the molecule is C(=C\C=C\n1c2ccccc2c2ccccc21)/C=C/n1c2ccccc2c2ccccc21. The van der Waals surface area contributed by atoms with Crippen molar-refractivity contribution in [1.82, 2.24) is 9.13 Å². The average molecular weight is 411 g/mol. The summed E-state index contributed by atoms with van der Waals surface area (Å²) in [5.74, 6) is 0. The van der Waals surface area contributed by atoms with Gasteiger partial charge in [-0.1, -0.05) is 84.9 Å². The molecule has 0 saturated heterocycles. The fraction of sp³-hybridized carbons (Fsp3) is 0. The van der Waals surface area contributed by atoms with Crippen molar-refractivity contribution in [2.24, 2.45) is 0 Å². The Kier molecular flexibility index (Phi) is 4.47. The van der Waals surface area contributed by atoms with Crippen molar-refractivity contribution in [2.75, 3.05) is 0 Å². The molecule has 2 nitrogen and oxygen atoms in total. The highest BCUT2D eigenvalue weighted by Crippen LogP contribution is 2.30. The van der Waals surface area contributed by atoms with E-state index in [1.54, 1.807) is 0 Å². The van der Waals surface area contributed by atoms with E-state index < -0.39 is 0 Å². The lowest BCUT2D eigenvalue weighted by Crippen LogP contribution is -1.84. The van der Waals surface area contributed by atoms with E-state index >= 15 is 0 Å².